The number of benzene rings is 1. The van der Waals surface area contributed by atoms with Gasteiger partial charge in [0.15, 0.2) is 0 Å². The first-order chi connectivity index (χ1) is 10.3. The maximum absolute atomic E-state index is 5.84. The number of likely N-dealkylation sites (N-methyl/N-ethyl adjacent to an activating group) is 1. The number of para-hydroxylation sites is 1. The molecular weight excluding hydrogens is 264 g/mol. The molecule has 0 unspecified atom stereocenters. The fourth-order valence-electron chi connectivity index (χ4n) is 2.62. The SMILES string of the molecule is CN1CCN(CCCOc2ncnc3ccccc23)CC1. The second-order valence-corrected chi connectivity index (χ2v) is 5.54. The summed E-state index contributed by atoms with van der Waals surface area (Å²) in [6.07, 6.45) is 2.60. The Kier molecular flexibility index (Phi) is 4.62. The maximum atomic E-state index is 5.84. The Morgan fingerprint density at radius 3 is 2.76 bits per heavy atom. The van der Waals surface area contributed by atoms with E-state index >= 15 is 0 Å². The van der Waals surface area contributed by atoms with Crippen molar-refractivity contribution in [3.8, 4) is 5.88 Å². The zero-order valence-electron chi connectivity index (χ0n) is 12.5. The van der Waals surface area contributed by atoms with E-state index in [1.54, 1.807) is 6.33 Å². The summed E-state index contributed by atoms with van der Waals surface area (Å²) < 4.78 is 5.84. The zero-order chi connectivity index (χ0) is 14.5. The Hall–Kier alpha value is -1.72. The zero-order valence-corrected chi connectivity index (χ0v) is 12.5. The minimum atomic E-state index is 0.693. The largest absolute Gasteiger partial charge is 0.477 e. The van der Waals surface area contributed by atoms with E-state index in [0.29, 0.717) is 12.5 Å². The van der Waals surface area contributed by atoms with Crippen LogP contribution >= 0.6 is 0 Å². The molecule has 112 valence electrons. The van der Waals surface area contributed by atoms with E-state index in [2.05, 4.69) is 26.8 Å². The van der Waals surface area contributed by atoms with Crippen molar-refractivity contribution in [2.45, 2.75) is 6.42 Å². The van der Waals surface area contributed by atoms with Crippen LogP contribution in [0.1, 0.15) is 6.42 Å². The summed E-state index contributed by atoms with van der Waals surface area (Å²) >= 11 is 0. The molecule has 5 nitrogen and oxygen atoms in total. The van der Waals surface area contributed by atoms with Gasteiger partial charge in [-0.2, -0.15) is 0 Å². The predicted molar refractivity (Wildman–Crippen MR) is 83.6 cm³/mol. The van der Waals surface area contributed by atoms with E-state index in [9.17, 15) is 0 Å². The van der Waals surface area contributed by atoms with Crippen LogP contribution in [0.3, 0.4) is 0 Å². The highest BCUT2D eigenvalue weighted by atomic mass is 16.5. The van der Waals surface area contributed by atoms with Crippen LogP contribution in [0.2, 0.25) is 0 Å². The van der Waals surface area contributed by atoms with E-state index in [-0.39, 0.29) is 0 Å². The molecule has 0 bridgehead atoms. The minimum Gasteiger partial charge on any atom is -0.477 e. The molecule has 1 aromatic carbocycles. The fourth-order valence-corrected chi connectivity index (χ4v) is 2.62. The third kappa shape index (κ3) is 3.68. The van der Waals surface area contributed by atoms with Crippen molar-refractivity contribution >= 4 is 10.9 Å². The Bertz CT molecular complexity index is 576. The topological polar surface area (TPSA) is 41.5 Å². The molecule has 21 heavy (non-hydrogen) atoms. The molecule has 1 saturated heterocycles. The summed E-state index contributed by atoms with van der Waals surface area (Å²) in [6.45, 7) is 6.44. The molecular formula is C16H22N4O. The van der Waals surface area contributed by atoms with Gasteiger partial charge in [-0.3, -0.25) is 0 Å². The van der Waals surface area contributed by atoms with Crippen LogP contribution in [0.5, 0.6) is 5.88 Å². The number of ether oxygens (including phenoxy) is 1. The molecule has 0 amide bonds. The van der Waals surface area contributed by atoms with Gasteiger partial charge in [-0.05, 0) is 25.6 Å². The smallest absolute Gasteiger partial charge is 0.224 e. The molecule has 0 saturated carbocycles. The lowest BCUT2D eigenvalue weighted by Crippen LogP contribution is -2.44. The van der Waals surface area contributed by atoms with Crippen molar-refractivity contribution in [2.24, 2.45) is 0 Å². The van der Waals surface area contributed by atoms with Gasteiger partial charge >= 0.3 is 0 Å². The Morgan fingerprint density at radius 1 is 1.10 bits per heavy atom. The van der Waals surface area contributed by atoms with Crippen LogP contribution in [-0.4, -0.2) is 66.1 Å². The van der Waals surface area contributed by atoms with Crippen LogP contribution in [0.4, 0.5) is 0 Å². The minimum absolute atomic E-state index is 0.693. The third-order valence-corrected chi connectivity index (χ3v) is 3.96. The van der Waals surface area contributed by atoms with E-state index in [1.807, 2.05) is 24.3 Å². The molecule has 5 heteroatoms. The van der Waals surface area contributed by atoms with Crippen molar-refractivity contribution in [2.75, 3.05) is 46.4 Å². The van der Waals surface area contributed by atoms with Gasteiger partial charge in [0.1, 0.15) is 6.33 Å². The first kappa shape index (κ1) is 14.2. The number of fused-ring (bicyclic) bond motifs is 1. The Balaban J connectivity index is 1.48. The molecule has 0 N–H and O–H groups in total. The van der Waals surface area contributed by atoms with Crippen molar-refractivity contribution in [3.05, 3.63) is 30.6 Å². The van der Waals surface area contributed by atoms with Crippen molar-refractivity contribution < 1.29 is 4.74 Å². The van der Waals surface area contributed by atoms with E-state index in [1.165, 1.54) is 0 Å². The van der Waals surface area contributed by atoms with Gasteiger partial charge in [0.25, 0.3) is 0 Å². The lowest BCUT2D eigenvalue weighted by molar-refractivity contribution is 0.145. The van der Waals surface area contributed by atoms with Gasteiger partial charge < -0.3 is 14.5 Å². The third-order valence-electron chi connectivity index (χ3n) is 3.96. The summed E-state index contributed by atoms with van der Waals surface area (Å²) in [6, 6.07) is 7.95. The lowest BCUT2D eigenvalue weighted by Gasteiger charge is -2.32. The molecule has 0 radical (unpaired) electrons. The van der Waals surface area contributed by atoms with Crippen LogP contribution < -0.4 is 4.74 Å². The lowest BCUT2D eigenvalue weighted by atomic mass is 10.2. The highest BCUT2D eigenvalue weighted by Crippen LogP contribution is 2.20. The van der Waals surface area contributed by atoms with Crippen LogP contribution in [0, 0.1) is 0 Å². The molecule has 1 aliphatic rings. The van der Waals surface area contributed by atoms with Gasteiger partial charge in [-0.1, -0.05) is 12.1 Å². The molecule has 1 aromatic heterocycles. The summed E-state index contributed by atoms with van der Waals surface area (Å²) in [5.41, 5.74) is 0.932. The Morgan fingerprint density at radius 2 is 1.90 bits per heavy atom. The van der Waals surface area contributed by atoms with Gasteiger partial charge in [-0.25, -0.2) is 9.97 Å². The summed E-state index contributed by atoms with van der Waals surface area (Å²) in [5, 5.41) is 0.986. The maximum Gasteiger partial charge on any atom is 0.224 e. The molecule has 2 heterocycles. The summed E-state index contributed by atoms with van der Waals surface area (Å²) in [7, 11) is 2.18. The van der Waals surface area contributed by atoms with Gasteiger partial charge in [0.2, 0.25) is 5.88 Å². The normalized spacial score (nSPS) is 17.2. The second kappa shape index (κ2) is 6.83. The Labute approximate surface area is 125 Å². The summed E-state index contributed by atoms with van der Waals surface area (Å²) in [5.74, 6) is 0.693. The first-order valence-electron chi connectivity index (χ1n) is 7.56. The second-order valence-electron chi connectivity index (χ2n) is 5.54. The molecule has 1 fully saturated rings. The average molecular weight is 286 g/mol. The van der Waals surface area contributed by atoms with Crippen molar-refractivity contribution in [1.29, 1.82) is 0 Å². The average Bonchev–Trinajstić information content (AvgIpc) is 2.53. The van der Waals surface area contributed by atoms with E-state index in [4.69, 9.17) is 4.74 Å². The highest BCUT2D eigenvalue weighted by Gasteiger charge is 2.13. The van der Waals surface area contributed by atoms with Gasteiger partial charge in [0.05, 0.1) is 17.5 Å². The number of hydrogen-bond acceptors (Lipinski definition) is 5. The number of aromatic nitrogens is 2. The molecule has 3 rings (SSSR count). The number of rotatable bonds is 5. The van der Waals surface area contributed by atoms with Gasteiger partial charge in [-0.15, -0.1) is 0 Å². The van der Waals surface area contributed by atoms with Crippen LogP contribution in [0.25, 0.3) is 10.9 Å². The number of piperazine rings is 1. The van der Waals surface area contributed by atoms with Crippen LogP contribution in [-0.2, 0) is 0 Å². The fraction of sp³-hybridized carbons (Fsp3) is 0.500. The van der Waals surface area contributed by atoms with E-state index < -0.39 is 0 Å². The van der Waals surface area contributed by atoms with Crippen molar-refractivity contribution in [3.63, 3.8) is 0 Å². The van der Waals surface area contributed by atoms with Crippen LogP contribution in [0.15, 0.2) is 30.6 Å². The molecule has 0 aliphatic carbocycles. The monoisotopic (exact) mass is 286 g/mol. The first-order valence-corrected chi connectivity index (χ1v) is 7.56. The molecule has 1 aliphatic heterocycles. The number of nitrogens with zero attached hydrogens (tertiary/aromatic N) is 4. The standard InChI is InChI=1S/C16H22N4O/c1-19-8-10-20(11-9-19)7-4-12-21-16-14-5-2-3-6-15(14)17-13-18-16/h2-3,5-6,13H,4,7-12H2,1H3. The molecule has 0 atom stereocenters. The number of hydrogen-bond donors (Lipinski definition) is 0. The van der Waals surface area contributed by atoms with E-state index in [0.717, 1.165) is 50.0 Å². The predicted octanol–water partition coefficient (Wildman–Crippen LogP) is 1.65. The van der Waals surface area contributed by atoms with Crippen molar-refractivity contribution in [1.82, 2.24) is 19.8 Å². The highest BCUT2D eigenvalue weighted by molar-refractivity contribution is 5.82. The molecule has 0 spiro atoms. The summed E-state index contributed by atoms with van der Waals surface area (Å²) in [4.78, 5) is 13.4. The van der Waals surface area contributed by atoms with Gasteiger partial charge in [0, 0.05) is 32.7 Å². The molecule has 2 aromatic rings. The quantitative estimate of drug-likeness (QED) is 0.782.